The van der Waals surface area contributed by atoms with Crippen molar-refractivity contribution in [1.29, 1.82) is 5.41 Å². The number of aliphatic hydroxyl groups is 1. The number of nitrogens with one attached hydrogen (secondary N) is 1. The van der Waals surface area contributed by atoms with Gasteiger partial charge in [-0.2, -0.15) is 0 Å². The van der Waals surface area contributed by atoms with Gasteiger partial charge in [0, 0.05) is 61.0 Å². The fourth-order valence-electron chi connectivity index (χ4n) is 3.63. The van der Waals surface area contributed by atoms with E-state index in [2.05, 4.69) is 15.0 Å². The first-order chi connectivity index (χ1) is 14.8. The highest BCUT2D eigenvalue weighted by Gasteiger charge is 2.33. The maximum Gasteiger partial charge on any atom is 0.133 e. The second kappa shape index (κ2) is 9.19. The molecule has 1 aliphatic heterocycles. The number of hydrogen-bond acceptors (Lipinski definition) is 9. The summed E-state index contributed by atoms with van der Waals surface area (Å²) in [6.07, 6.45) is 3.54. The van der Waals surface area contributed by atoms with Gasteiger partial charge in [-0.05, 0) is 26.2 Å². The van der Waals surface area contributed by atoms with E-state index in [9.17, 15) is 9.50 Å². The molecule has 0 bridgehead atoms. The summed E-state index contributed by atoms with van der Waals surface area (Å²) in [5.41, 5.74) is 13.0. The highest BCUT2D eigenvalue weighted by molar-refractivity contribution is 6.15. The standard InChI is InChI=1S/C21H27FN8O/c1-26-8-12(7-23)13-4-14(16(24)5-15(13)22)21(25)17-6-20(28-11-27-17)30-9-18(29(2)3)19(31)10-30/h4-8,11,18-19,25,31H,9-10,23-24H2,1-3H3/t18?,19-/m1/s1. The molecule has 31 heavy (non-hydrogen) atoms. The van der Waals surface area contributed by atoms with Gasteiger partial charge in [-0.3, -0.25) is 10.4 Å². The van der Waals surface area contributed by atoms with Crippen LogP contribution in [0.2, 0.25) is 0 Å². The molecule has 0 saturated carbocycles. The van der Waals surface area contributed by atoms with Gasteiger partial charge in [0.25, 0.3) is 0 Å². The number of rotatable bonds is 6. The van der Waals surface area contributed by atoms with Gasteiger partial charge in [-0.25, -0.2) is 14.4 Å². The number of nitrogens with two attached hydrogens (primary N) is 2. The van der Waals surface area contributed by atoms with Crippen molar-refractivity contribution in [1.82, 2.24) is 14.9 Å². The predicted octanol–water partition coefficient (Wildman–Crippen LogP) is 0.725. The van der Waals surface area contributed by atoms with Crippen LogP contribution in [0.3, 0.4) is 0 Å². The lowest BCUT2D eigenvalue weighted by Gasteiger charge is -2.22. The Bertz CT molecular complexity index is 1040. The van der Waals surface area contributed by atoms with Crippen molar-refractivity contribution in [3.8, 4) is 0 Å². The molecular formula is C21H27FN8O. The summed E-state index contributed by atoms with van der Waals surface area (Å²) in [4.78, 5) is 16.3. The number of aromatic nitrogens is 2. The molecule has 0 aliphatic carbocycles. The van der Waals surface area contributed by atoms with E-state index in [0.29, 0.717) is 35.7 Å². The van der Waals surface area contributed by atoms with E-state index in [1.165, 1.54) is 24.8 Å². The number of allylic oxidation sites excluding steroid dienone is 1. The van der Waals surface area contributed by atoms with Crippen LogP contribution >= 0.6 is 0 Å². The number of nitrogen functional groups attached to an aromatic ring is 1. The average Bonchev–Trinajstić information content (AvgIpc) is 3.14. The molecule has 0 spiro atoms. The molecule has 6 N–H and O–H groups in total. The first-order valence-corrected chi connectivity index (χ1v) is 9.71. The number of nitrogens with zero attached hydrogens (tertiary/aromatic N) is 5. The summed E-state index contributed by atoms with van der Waals surface area (Å²) in [6.45, 7) is 1.03. The Morgan fingerprint density at radius 2 is 2.03 bits per heavy atom. The van der Waals surface area contributed by atoms with E-state index < -0.39 is 11.9 Å². The van der Waals surface area contributed by atoms with Gasteiger partial charge < -0.3 is 26.4 Å². The molecule has 10 heteroatoms. The van der Waals surface area contributed by atoms with Crippen molar-refractivity contribution >= 4 is 29.0 Å². The Balaban J connectivity index is 1.95. The number of benzene rings is 1. The summed E-state index contributed by atoms with van der Waals surface area (Å²) in [5, 5.41) is 19.0. The molecule has 1 aliphatic rings. The molecule has 2 atom stereocenters. The predicted molar refractivity (Wildman–Crippen MR) is 121 cm³/mol. The Morgan fingerprint density at radius 3 is 2.65 bits per heavy atom. The number of anilines is 2. The number of likely N-dealkylation sites (N-methyl/N-ethyl adjacent to an activating group) is 1. The third-order valence-corrected chi connectivity index (χ3v) is 5.32. The van der Waals surface area contributed by atoms with E-state index in [1.807, 2.05) is 23.9 Å². The van der Waals surface area contributed by atoms with E-state index in [4.69, 9.17) is 16.9 Å². The normalized spacial score (nSPS) is 19.5. The molecule has 1 saturated heterocycles. The third kappa shape index (κ3) is 4.54. The Hall–Kier alpha value is -3.37. The van der Waals surface area contributed by atoms with E-state index in [-0.39, 0.29) is 23.0 Å². The average molecular weight is 427 g/mol. The molecule has 164 valence electrons. The van der Waals surface area contributed by atoms with Gasteiger partial charge in [0.2, 0.25) is 0 Å². The minimum atomic E-state index is -0.560. The Labute approximate surface area is 180 Å². The van der Waals surface area contributed by atoms with Gasteiger partial charge >= 0.3 is 0 Å². The van der Waals surface area contributed by atoms with Crippen LogP contribution in [0.4, 0.5) is 15.9 Å². The molecule has 0 radical (unpaired) electrons. The van der Waals surface area contributed by atoms with E-state index in [1.54, 1.807) is 13.1 Å². The van der Waals surface area contributed by atoms with Gasteiger partial charge in [-0.15, -0.1) is 0 Å². The van der Waals surface area contributed by atoms with Gasteiger partial charge in [0.1, 0.15) is 18.0 Å². The molecule has 0 amide bonds. The van der Waals surface area contributed by atoms with Crippen LogP contribution in [-0.4, -0.2) is 78.3 Å². The molecule has 9 nitrogen and oxygen atoms in total. The quantitative estimate of drug-likeness (QED) is 0.394. The van der Waals surface area contributed by atoms with Crippen molar-refractivity contribution in [2.75, 3.05) is 44.9 Å². The second-order valence-electron chi connectivity index (χ2n) is 7.57. The molecule has 2 heterocycles. The minimum absolute atomic E-state index is 0.0186. The van der Waals surface area contributed by atoms with Crippen molar-refractivity contribution in [2.24, 2.45) is 10.7 Å². The zero-order chi connectivity index (χ0) is 22.7. The summed E-state index contributed by atoms with van der Waals surface area (Å²) in [6, 6.07) is 4.28. The molecule has 1 aromatic heterocycles. The summed E-state index contributed by atoms with van der Waals surface area (Å²) >= 11 is 0. The van der Waals surface area contributed by atoms with Crippen LogP contribution < -0.4 is 16.4 Å². The Morgan fingerprint density at radius 1 is 1.29 bits per heavy atom. The van der Waals surface area contributed by atoms with Crippen molar-refractivity contribution in [3.05, 3.63) is 53.4 Å². The maximum atomic E-state index is 14.5. The number of aliphatic imine (C=N–C) groups is 1. The minimum Gasteiger partial charge on any atom is -0.404 e. The zero-order valence-electron chi connectivity index (χ0n) is 17.7. The molecule has 2 aromatic rings. The third-order valence-electron chi connectivity index (χ3n) is 5.32. The van der Waals surface area contributed by atoms with Crippen LogP contribution in [0, 0.1) is 11.2 Å². The second-order valence-corrected chi connectivity index (χ2v) is 7.57. The number of hydrogen-bond donors (Lipinski definition) is 4. The lowest BCUT2D eigenvalue weighted by Crippen LogP contribution is -2.38. The van der Waals surface area contributed by atoms with Crippen LogP contribution in [0.5, 0.6) is 0 Å². The fraction of sp³-hybridized carbons (Fsp3) is 0.333. The first kappa shape index (κ1) is 22.3. The summed E-state index contributed by atoms with van der Waals surface area (Å²) < 4.78 is 14.5. The maximum absolute atomic E-state index is 14.5. The summed E-state index contributed by atoms with van der Waals surface area (Å²) in [5.74, 6) is 0.0366. The van der Waals surface area contributed by atoms with Crippen LogP contribution in [-0.2, 0) is 0 Å². The van der Waals surface area contributed by atoms with Crippen LogP contribution in [0.1, 0.15) is 16.8 Å². The molecule has 3 rings (SSSR count). The zero-order valence-corrected chi connectivity index (χ0v) is 17.7. The van der Waals surface area contributed by atoms with Crippen LogP contribution in [0.25, 0.3) is 5.57 Å². The lowest BCUT2D eigenvalue weighted by molar-refractivity contribution is 0.114. The number of halogens is 1. The highest BCUT2D eigenvalue weighted by Crippen LogP contribution is 2.26. The van der Waals surface area contributed by atoms with Gasteiger partial charge in [-0.1, -0.05) is 0 Å². The molecule has 1 aromatic carbocycles. The van der Waals surface area contributed by atoms with Crippen molar-refractivity contribution in [2.45, 2.75) is 12.1 Å². The smallest absolute Gasteiger partial charge is 0.133 e. The van der Waals surface area contributed by atoms with E-state index >= 15 is 0 Å². The van der Waals surface area contributed by atoms with Gasteiger partial charge in [0.15, 0.2) is 0 Å². The van der Waals surface area contributed by atoms with Crippen molar-refractivity contribution in [3.63, 3.8) is 0 Å². The lowest BCUT2D eigenvalue weighted by atomic mass is 9.98. The molecular weight excluding hydrogens is 399 g/mol. The monoisotopic (exact) mass is 426 g/mol. The topological polar surface area (TPSA) is 141 Å². The van der Waals surface area contributed by atoms with Crippen molar-refractivity contribution < 1.29 is 9.50 Å². The molecule has 1 fully saturated rings. The largest absolute Gasteiger partial charge is 0.404 e. The SMILES string of the molecule is CN=CC(=CN)c1cc(C(=N)c2cc(N3CC(N(C)C)[C@H](O)C3)ncn2)c(N)cc1F. The van der Waals surface area contributed by atoms with Crippen LogP contribution in [0.15, 0.2) is 35.7 Å². The number of aliphatic hydroxyl groups excluding tert-OH is 1. The number of β-amino-alcohol motifs (C(OH)–C–C–N with tert-alkyl or cyclic N) is 1. The fourth-order valence-corrected chi connectivity index (χ4v) is 3.63. The van der Waals surface area contributed by atoms with Gasteiger partial charge in [0.05, 0.1) is 23.6 Å². The highest BCUT2D eigenvalue weighted by atomic mass is 19.1. The first-order valence-electron chi connectivity index (χ1n) is 9.71. The molecule has 1 unspecified atom stereocenters. The van der Waals surface area contributed by atoms with E-state index in [0.717, 1.165) is 6.07 Å². The summed E-state index contributed by atoms with van der Waals surface area (Å²) in [7, 11) is 5.39. The Kier molecular flexibility index (Phi) is 6.62.